The van der Waals surface area contributed by atoms with Crippen molar-refractivity contribution in [1.29, 1.82) is 0 Å². The SMILES string of the molecule is CON=Cc1ccc2occc2c1. The summed E-state index contributed by atoms with van der Waals surface area (Å²) in [7, 11) is 1.52. The number of hydrogen-bond donors (Lipinski definition) is 0. The largest absolute Gasteiger partial charge is 0.464 e. The van der Waals surface area contributed by atoms with Crippen LogP contribution in [-0.4, -0.2) is 13.3 Å². The highest BCUT2D eigenvalue weighted by Crippen LogP contribution is 2.15. The molecule has 0 unspecified atom stereocenters. The predicted molar refractivity (Wildman–Crippen MR) is 50.8 cm³/mol. The van der Waals surface area contributed by atoms with Gasteiger partial charge < -0.3 is 9.25 Å². The summed E-state index contributed by atoms with van der Waals surface area (Å²) < 4.78 is 5.20. The van der Waals surface area contributed by atoms with Crippen molar-refractivity contribution in [2.45, 2.75) is 0 Å². The summed E-state index contributed by atoms with van der Waals surface area (Å²) in [5.41, 5.74) is 1.88. The van der Waals surface area contributed by atoms with Crippen molar-refractivity contribution < 1.29 is 9.25 Å². The van der Waals surface area contributed by atoms with Crippen LogP contribution in [0.4, 0.5) is 0 Å². The van der Waals surface area contributed by atoms with Gasteiger partial charge in [0.25, 0.3) is 0 Å². The highest BCUT2D eigenvalue weighted by Gasteiger charge is 1.96. The van der Waals surface area contributed by atoms with Gasteiger partial charge in [-0.1, -0.05) is 5.16 Å². The van der Waals surface area contributed by atoms with Crippen molar-refractivity contribution in [3.63, 3.8) is 0 Å². The molecule has 1 heterocycles. The minimum Gasteiger partial charge on any atom is -0.464 e. The van der Waals surface area contributed by atoms with Gasteiger partial charge in [-0.25, -0.2) is 0 Å². The van der Waals surface area contributed by atoms with Gasteiger partial charge in [-0.15, -0.1) is 0 Å². The average molecular weight is 175 g/mol. The number of fused-ring (bicyclic) bond motifs is 1. The van der Waals surface area contributed by atoms with Gasteiger partial charge in [-0.2, -0.15) is 0 Å². The molecule has 0 saturated carbocycles. The lowest BCUT2D eigenvalue weighted by Gasteiger charge is -1.91. The molecule has 2 rings (SSSR count). The van der Waals surface area contributed by atoms with Gasteiger partial charge in [-0.05, 0) is 29.8 Å². The Hall–Kier alpha value is -1.77. The lowest BCUT2D eigenvalue weighted by Crippen LogP contribution is -1.80. The molecule has 3 heteroatoms. The van der Waals surface area contributed by atoms with Crippen molar-refractivity contribution in [2.24, 2.45) is 5.16 Å². The topological polar surface area (TPSA) is 34.7 Å². The van der Waals surface area contributed by atoms with E-state index in [9.17, 15) is 0 Å². The molecule has 2 aromatic rings. The molecule has 0 amide bonds. The second-order valence-electron chi connectivity index (χ2n) is 2.63. The Balaban J connectivity index is 2.42. The van der Waals surface area contributed by atoms with Crippen LogP contribution in [0.3, 0.4) is 0 Å². The fraction of sp³-hybridized carbons (Fsp3) is 0.100. The molecule has 13 heavy (non-hydrogen) atoms. The van der Waals surface area contributed by atoms with E-state index in [0.29, 0.717) is 0 Å². The first-order valence-electron chi connectivity index (χ1n) is 3.94. The lowest BCUT2D eigenvalue weighted by molar-refractivity contribution is 0.215. The summed E-state index contributed by atoms with van der Waals surface area (Å²) in [5, 5.41) is 4.75. The molecule has 0 bridgehead atoms. The van der Waals surface area contributed by atoms with Gasteiger partial charge in [0, 0.05) is 5.39 Å². The molecule has 1 aromatic heterocycles. The van der Waals surface area contributed by atoms with Crippen LogP contribution in [-0.2, 0) is 4.84 Å². The van der Waals surface area contributed by atoms with Crippen LogP contribution in [0.2, 0.25) is 0 Å². The molecule has 0 aliphatic carbocycles. The van der Waals surface area contributed by atoms with E-state index >= 15 is 0 Å². The number of rotatable bonds is 2. The van der Waals surface area contributed by atoms with E-state index in [1.165, 1.54) is 7.11 Å². The normalized spacial score (nSPS) is 11.2. The van der Waals surface area contributed by atoms with Crippen molar-refractivity contribution >= 4 is 17.2 Å². The van der Waals surface area contributed by atoms with Crippen LogP contribution in [0.5, 0.6) is 0 Å². The minimum atomic E-state index is 0.884. The monoisotopic (exact) mass is 175 g/mol. The maximum absolute atomic E-state index is 5.20. The third kappa shape index (κ3) is 1.54. The van der Waals surface area contributed by atoms with Crippen molar-refractivity contribution in [3.8, 4) is 0 Å². The molecule has 1 aromatic carbocycles. The van der Waals surface area contributed by atoms with E-state index in [1.807, 2.05) is 24.3 Å². The number of nitrogens with zero attached hydrogens (tertiary/aromatic N) is 1. The molecular weight excluding hydrogens is 166 g/mol. The molecular formula is C10H9NO2. The van der Waals surface area contributed by atoms with Crippen molar-refractivity contribution in [3.05, 3.63) is 36.1 Å². The Labute approximate surface area is 75.6 Å². The second-order valence-corrected chi connectivity index (χ2v) is 2.63. The maximum Gasteiger partial charge on any atom is 0.133 e. The minimum absolute atomic E-state index is 0.884. The van der Waals surface area contributed by atoms with Crippen LogP contribution in [0.1, 0.15) is 5.56 Å². The zero-order valence-electron chi connectivity index (χ0n) is 7.23. The van der Waals surface area contributed by atoms with E-state index in [0.717, 1.165) is 16.5 Å². The molecule has 0 aliphatic rings. The van der Waals surface area contributed by atoms with E-state index in [4.69, 9.17) is 4.42 Å². The quantitative estimate of drug-likeness (QED) is 0.519. The Morgan fingerprint density at radius 2 is 2.31 bits per heavy atom. The van der Waals surface area contributed by atoms with E-state index < -0.39 is 0 Å². The van der Waals surface area contributed by atoms with Crippen LogP contribution in [0, 0.1) is 0 Å². The molecule has 0 spiro atoms. The van der Waals surface area contributed by atoms with Crippen LogP contribution in [0.25, 0.3) is 11.0 Å². The summed E-state index contributed by atoms with van der Waals surface area (Å²) in [4.78, 5) is 4.59. The lowest BCUT2D eigenvalue weighted by atomic mass is 10.2. The summed E-state index contributed by atoms with van der Waals surface area (Å²) >= 11 is 0. The average Bonchev–Trinajstić information content (AvgIpc) is 2.61. The van der Waals surface area contributed by atoms with Gasteiger partial charge in [0.1, 0.15) is 12.7 Å². The number of oxime groups is 1. The third-order valence-electron chi connectivity index (χ3n) is 1.78. The Kier molecular flexibility index (Phi) is 2.00. The number of furan rings is 1. The van der Waals surface area contributed by atoms with E-state index in [2.05, 4.69) is 9.99 Å². The highest BCUT2D eigenvalue weighted by molar-refractivity contribution is 5.87. The smallest absolute Gasteiger partial charge is 0.133 e. The van der Waals surface area contributed by atoms with E-state index in [-0.39, 0.29) is 0 Å². The summed E-state index contributed by atoms with van der Waals surface area (Å²) in [5.74, 6) is 0. The molecule has 0 radical (unpaired) electrons. The first-order valence-corrected chi connectivity index (χ1v) is 3.94. The van der Waals surface area contributed by atoms with Gasteiger partial charge in [0.15, 0.2) is 0 Å². The highest BCUT2D eigenvalue weighted by atomic mass is 16.6. The van der Waals surface area contributed by atoms with Gasteiger partial charge in [0.05, 0.1) is 12.5 Å². The predicted octanol–water partition coefficient (Wildman–Crippen LogP) is 2.41. The second kappa shape index (κ2) is 3.31. The summed E-state index contributed by atoms with van der Waals surface area (Å²) in [6, 6.07) is 7.74. The van der Waals surface area contributed by atoms with Crippen molar-refractivity contribution in [1.82, 2.24) is 0 Å². The van der Waals surface area contributed by atoms with Crippen molar-refractivity contribution in [2.75, 3.05) is 7.11 Å². The van der Waals surface area contributed by atoms with Gasteiger partial charge in [-0.3, -0.25) is 0 Å². The first kappa shape index (κ1) is 7.86. The standard InChI is InChI=1S/C10H9NO2/c1-12-11-7-8-2-3-10-9(6-8)4-5-13-10/h2-7H,1H3. The summed E-state index contributed by atoms with van der Waals surface area (Å²) in [6.45, 7) is 0. The molecule has 0 atom stereocenters. The fourth-order valence-corrected chi connectivity index (χ4v) is 1.18. The zero-order valence-corrected chi connectivity index (χ0v) is 7.23. The molecule has 0 aliphatic heterocycles. The molecule has 3 nitrogen and oxygen atoms in total. The number of hydrogen-bond acceptors (Lipinski definition) is 3. The van der Waals surface area contributed by atoms with Gasteiger partial charge >= 0.3 is 0 Å². The summed E-state index contributed by atoms with van der Waals surface area (Å²) in [6.07, 6.45) is 3.33. The molecule has 0 saturated heterocycles. The zero-order chi connectivity index (χ0) is 9.10. The van der Waals surface area contributed by atoms with Crippen LogP contribution < -0.4 is 0 Å². The first-order chi connectivity index (χ1) is 6.40. The Morgan fingerprint density at radius 1 is 1.38 bits per heavy atom. The van der Waals surface area contributed by atoms with Crippen LogP contribution in [0.15, 0.2) is 40.1 Å². The molecule has 66 valence electrons. The molecule has 0 fully saturated rings. The Morgan fingerprint density at radius 3 is 3.15 bits per heavy atom. The molecule has 0 N–H and O–H groups in total. The Bertz CT molecular complexity index is 431. The van der Waals surface area contributed by atoms with Gasteiger partial charge in [0.2, 0.25) is 0 Å². The van der Waals surface area contributed by atoms with E-state index in [1.54, 1.807) is 12.5 Å². The third-order valence-corrected chi connectivity index (χ3v) is 1.78. The van der Waals surface area contributed by atoms with Crippen LogP contribution >= 0.6 is 0 Å². The fourth-order valence-electron chi connectivity index (χ4n) is 1.18. The maximum atomic E-state index is 5.20. The number of benzene rings is 1.